The average molecular weight is 255 g/mol. The highest BCUT2D eigenvalue weighted by molar-refractivity contribution is 5.28. The molecular weight excluding hydrogens is 234 g/mol. The first-order valence-electron chi connectivity index (χ1n) is 6.99. The standard InChI is InChI=1S/C17H21NO/c1-17(19)13-18(11-14-7-3-2-4-8-14)12-15-9-5-6-10-16(15)17/h2-4,6-10,16,19H,5,11-13H2,1H3/t16-,17-/m0/s1. The largest absolute Gasteiger partial charge is 0.388 e. The van der Waals surface area contributed by atoms with Gasteiger partial charge in [-0.2, -0.15) is 0 Å². The molecule has 2 heteroatoms. The van der Waals surface area contributed by atoms with Crippen LogP contribution < -0.4 is 0 Å². The molecular formula is C17H21NO. The molecule has 1 heterocycles. The summed E-state index contributed by atoms with van der Waals surface area (Å²) >= 11 is 0. The normalized spacial score (nSPS) is 30.8. The summed E-state index contributed by atoms with van der Waals surface area (Å²) in [5.41, 5.74) is 2.02. The fourth-order valence-electron chi connectivity index (χ4n) is 3.27. The van der Waals surface area contributed by atoms with Gasteiger partial charge in [0, 0.05) is 25.6 Å². The van der Waals surface area contributed by atoms with Gasteiger partial charge in [0.15, 0.2) is 0 Å². The highest BCUT2D eigenvalue weighted by atomic mass is 16.3. The number of aliphatic hydroxyl groups is 1. The van der Waals surface area contributed by atoms with Gasteiger partial charge in [0.1, 0.15) is 0 Å². The Bertz CT molecular complexity index is 501. The van der Waals surface area contributed by atoms with Crippen molar-refractivity contribution in [2.24, 2.45) is 5.92 Å². The molecule has 0 radical (unpaired) electrons. The molecule has 1 aromatic rings. The van der Waals surface area contributed by atoms with Gasteiger partial charge in [-0.1, -0.05) is 54.1 Å². The molecule has 0 saturated carbocycles. The van der Waals surface area contributed by atoms with Gasteiger partial charge in [0.05, 0.1) is 5.60 Å². The van der Waals surface area contributed by atoms with E-state index in [0.717, 1.165) is 26.1 Å². The molecule has 2 aliphatic rings. The van der Waals surface area contributed by atoms with Crippen molar-refractivity contribution in [3.8, 4) is 0 Å². The van der Waals surface area contributed by atoms with Crippen LogP contribution in [-0.4, -0.2) is 28.7 Å². The fourth-order valence-corrected chi connectivity index (χ4v) is 3.27. The van der Waals surface area contributed by atoms with Crippen LogP contribution >= 0.6 is 0 Å². The first-order chi connectivity index (χ1) is 9.15. The van der Waals surface area contributed by atoms with Crippen molar-refractivity contribution in [3.05, 3.63) is 59.7 Å². The fraction of sp³-hybridized carbons (Fsp3) is 0.412. The second kappa shape index (κ2) is 4.95. The van der Waals surface area contributed by atoms with Crippen LogP contribution in [0.5, 0.6) is 0 Å². The molecule has 0 aromatic heterocycles. The van der Waals surface area contributed by atoms with Gasteiger partial charge < -0.3 is 5.11 Å². The van der Waals surface area contributed by atoms with Gasteiger partial charge in [-0.3, -0.25) is 4.90 Å². The van der Waals surface area contributed by atoms with Gasteiger partial charge in [-0.15, -0.1) is 0 Å². The summed E-state index contributed by atoms with van der Waals surface area (Å²) in [7, 11) is 0. The Morgan fingerprint density at radius 3 is 2.89 bits per heavy atom. The van der Waals surface area contributed by atoms with Crippen molar-refractivity contribution in [3.63, 3.8) is 0 Å². The Labute approximate surface area is 115 Å². The highest BCUT2D eigenvalue weighted by Gasteiger charge is 2.39. The summed E-state index contributed by atoms with van der Waals surface area (Å²) < 4.78 is 0. The third-order valence-corrected chi connectivity index (χ3v) is 4.11. The molecule has 1 saturated heterocycles. The molecule has 100 valence electrons. The van der Waals surface area contributed by atoms with Gasteiger partial charge in [-0.05, 0) is 18.9 Å². The van der Waals surface area contributed by atoms with Gasteiger partial charge in [-0.25, -0.2) is 0 Å². The smallest absolute Gasteiger partial charge is 0.0846 e. The SMILES string of the molecule is C[C@]1(O)CN(Cc2ccccc2)CC2=CCC=C[C@@H]21. The van der Waals surface area contributed by atoms with Crippen LogP contribution in [0.25, 0.3) is 0 Å². The minimum Gasteiger partial charge on any atom is -0.388 e. The first-order valence-corrected chi connectivity index (χ1v) is 6.99. The van der Waals surface area contributed by atoms with Gasteiger partial charge in [0.2, 0.25) is 0 Å². The monoisotopic (exact) mass is 255 g/mol. The molecule has 3 rings (SSSR count). The number of likely N-dealkylation sites (tertiary alicyclic amines) is 1. The van der Waals surface area contributed by atoms with E-state index in [0.29, 0.717) is 0 Å². The van der Waals surface area contributed by atoms with Crippen LogP contribution in [0.3, 0.4) is 0 Å². The molecule has 0 spiro atoms. The van der Waals surface area contributed by atoms with E-state index in [1.54, 1.807) is 0 Å². The van der Waals surface area contributed by atoms with Crippen molar-refractivity contribution >= 4 is 0 Å². The van der Waals surface area contributed by atoms with Gasteiger partial charge in [0.25, 0.3) is 0 Å². The Balaban J connectivity index is 1.77. The maximum Gasteiger partial charge on any atom is 0.0846 e. The Hall–Kier alpha value is -1.38. The minimum atomic E-state index is -0.657. The number of piperidine rings is 1. The zero-order valence-electron chi connectivity index (χ0n) is 11.4. The molecule has 1 N–H and O–H groups in total. The van der Waals surface area contributed by atoms with E-state index in [1.165, 1.54) is 11.1 Å². The van der Waals surface area contributed by atoms with Crippen molar-refractivity contribution in [2.45, 2.75) is 25.5 Å². The Morgan fingerprint density at radius 1 is 1.32 bits per heavy atom. The van der Waals surface area contributed by atoms with E-state index in [4.69, 9.17) is 0 Å². The second-order valence-electron chi connectivity index (χ2n) is 5.91. The number of hydrogen-bond acceptors (Lipinski definition) is 2. The molecule has 0 amide bonds. The number of nitrogens with zero attached hydrogens (tertiary/aromatic N) is 1. The topological polar surface area (TPSA) is 23.5 Å². The molecule has 2 nitrogen and oxygen atoms in total. The van der Waals surface area contributed by atoms with Crippen LogP contribution in [-0.2, 0) is 6.54 Å². The van der Waals surface area contributed by atoms with E-state index in [9.17, 15) is 5.11 Å². The quantitative estimate of drug-likeness (QED) is 0.821. The summed E-state index contributed by atoms with van der Waals surface area (Å²) in [6, 6.07) is 10.5. The number of fused-ring (bicyclic) bond motifs is 1. The molecule has 0 bridgehead atoms. The van der Waals surface area contributed by atoms with Crippen LogP contribution in [0.15, 0.2) is 54.1 Å². The second-order valence-corrected chi connectivity index (χ2v) is 5.91. The lowest BCUT2D eigenvalue weighted by molar-refractivity contribution is -0.0260. The van der Waals surface area contributed by atoms with Crippen LogP contribution in [0.2, 0.25) is 0 Å². The number of benzene rings is 1. The number of β-amino-alcohol motifs (C(OH)–C–C–N with tert-alkyl or cyclic N) is 1. The Morgan fingerprint density at radius 2 is 2.11 bits per heavy atom. The third-order valence-electron chi connectivity index (χ3n) is 4.11. The van der Waals surface area contributed by atoms with Crippen molar-refractivity contribution in [2.75, 3.05) is 13.1 Å². The lowest BCUT2D eigenvalue weighted by Crippen LogP contribution is -2.52. The van der Waals surface area contributed by atoms with E-state index < -0.39 is 5.60 Å². The molecule has 19 heavy (non-hydrogen) atoms. The molecule has 2 atom stereocenters. The van der Waals surface area contributed by atoms with Gasteiger partial charge >= 0.3 is 0 Å². The molecule has 1 aliphatic carbocycles. The molecule has 1 aromatic carbocycles. The van der Waals surface area contributed by atoms with Crippen molar-refractivity contribution < 1.29 is 5.11 Å². The van der Waals surface area contributed by atoms with Crippen molar-refractivity contribution in [1.29, 1.82) is 0 Å². The zero-order valence-corrected chi connectivity index (χ0v) is 11.4. The maximum absolute atomic E-state index is 10.7. The molecule has 1 fully saturated rings. The third kappa shape index (κ3) is 2.65. The summed E-state index contributed by atoms with van der Waals surface area (Å²) in [5, 5.41) is 10.7. The van der Waals surface area contributed by atoms with Crippen LogP contribution in [0.1, 0.15) is 18.9 Å². The summed E-state index contributed by atoms with van der Waals surface area (Å²) in [6.45, 7) is 4.57. The lowest BCUT2D eigenvalue weighted by atomic mass is 9.76. The van der Waals surface area contributed by atoms with E-state index in [2.05, 4.69) is 47.4 Å². The predicted octanol–water partition coefficient (Wildman–Crippen LogP) is 2.76. The Kier molecular flexibility index (Phi) is 3.29. The summed E-state index contributed by atoms with van der Waals surface area (Å²) in [5.74, 6) is 0.202. The van der Waals surface area contributed by atoms with Crippen LogP contribution in [0.4, 0.5) is 0 Å². The van der Waals surface area contributed by atoms with Crippen LogP contribution in [0, 0.1) is 5.92 Å². The maximum atomic E-state index is 10.7. The van der Waals surface area contributed by atoms with E-state index in [-0.39, 0.29) is 5.92 Å². The van der Waals surface area contributed by atoms with E-state index in [1.807, 2.05) is 13.0 Å². The van der Waals surface area contributed by atoms with Crippen molar-refractivity contribution in [1.82, 2.24) is 4.90 Å². The number of allylic oxidation sites excluding steroid dienone is 2. The predicted molar refractivity (Wildman–Crippen MR) is 77.7 cm³/mol. The minimum absolute atomic E-state index is 0.202. The number of rotatable bonds is 2. The molecule has 0 unspecified atom stereocenters. The zero-order chi connectivity index (χ0) is 13.3. The molecule has 1 aliphatic heterocycles. The summed E-state index contributed by atoms with van der Waals surface area (Å²) in [6.07, 6.45) is 7.61. The highest BCUT2D eigenvalue weighted by Crippen LogP contribution is 2.35. The summed E-state index contributed by atoms with van der Waals surface area (Å²) in [4.78, 5) is 2.34. The average Bonchev–Trinajstić information content (AvgIpc) is 2.39. The van der Waals surface area contributed by atoms with E-state index >= 15 is 0 Å². The number of hydrogen-bond donors (Lipinski definition) is 1. The first kappa shape index (κ1) is 12.6. The lowest BCUT2D eigenvalue weighted by Gasteiger charge is -2.44.